The Morgan fingerprint density at radius 1 is 1.75 bits per heavy atom. The molecule has 0 aliphatic rings. The summed E-state index contributed by atoms with van der Waals surface area (Å²) < 4.78 is 8.29. The fraction of sp³-hybridized carbons (Fsp3) is 0.750. The zero-order chi connectivity index (χ0) is 6.41. The molecule has 0 aliphatic carbocycles. The molecule has 0 atom stereocenters. The summed E-state index contributed by atoms with van der Waals surface area (Å²) in [5.74, 6) is 0. The van der Waals surface area contributed by atoms with Crippen molar-refractivity contribution in [1.82, 2.24) is 0 Å². The van der Waals surface area contributed by atoms with Crippen LogP contribution >= 0.6 is 12.9 Å². The molecule has 0 aromatic carbocycles. The zero-order valence-electron chi connectivity index (χ0n) is 4.59. The van der Waals surface area contributed by atoms with E-state index >= 15 is 0 Å². The Labute approximate surface area is 53.6 Å². The van der Waals surface area contributed by atoms with Gasteiger partial charge in [0.2, 0.25) is 0 Å². The molecular formula is C4H8O3S. The summed E-state index contributed by atoms with van der Waals surface area (Å²) in [6.07, 6.45) is 0.0540. The van der Waals surface area contributed by atoms with Crippen LogP contribution in [0, 0.1) is 0 Å². The van der Waals surface area contributed by atoms with Crippen molar-refractivity contribution >= 4 is 19.1 Å². The summed E-state index contributed by atoms with van der Waals surface area (Å²) in [5, 5.41) is 0. The third kappa shape index (κ3) is 3.80. The van der Waals surface area contributed by atoms with Gasteiger partial charge in [-0.25, -0.2) is 4.79 Å². The first-order valence-electron chi connectivity index (χ1n) is 2.29. The topological polar surface area (TPSA) is 35.5 Å². The van der Waals surface area contributed by atoms with Gasteiger partial charge in [0, 0.05) is 12.9 Å². The molecule has 0 amide bonds. The maximum atomic E-state index is 10.0. The Morgan fingerprint density at radius 3 is 2.75 bits per heavy atom. The normalized spacial score (nSPS) is 8.25. The number of carbonyl (C=O) groups excluding carboxylic acids is 1. The van der Waals surface area contributed by atoms with Crippen LogP contribution in [0.5, 0.6) is 0 Å². The van der Waals surface area contributed by atoms with Gasteiger partial charge in [-0.05, 0) is 6.42 Å². The van der Waals surface area contributed by atoms with Crippen molar-refractivity contribution in [3.05, 3.63) is 0 Å². The van der Waals surface area contributed by atoms with E-state index in [9.17, 15) is 4.79 Å². The van der Waals surface area contributed by atoms with Crippen LogP contribution in [0.2, 0.25) is 0 Å². The number of ether oxygens (including phenoxy) is 1. The van der Waals surface area contributed by atoms with Crippen molar-refractivity contribution in [2.45, 2.75) is 13.3 Å². The first-order chi connectivity index (χ1) is 3.81. The first-order valence-corrected chi connectivity index (χ1v) is 2.66. The maximum Gasteiger partial charge on any atom is 0.520 e. The second-order valence-corrected chi connectivity index (χ2v) is 1.37. The molecular weight excluding hydrogens is 128 g/mol. The van der Waals surface area contributed by atoms with Crippen LogP contribution in [0.25, 0.3) is 0 Å². The Balaban J connectivity index is 2.99. The molecule has 0 radical (unpaired) electrons. The van der Waals surface area contributed by atoms with E-state index < -0.39 is 6.16 Å². The molecule has 8 heavy (non-hydrogen) atoms. The molecule has 0 aliphatic heterocycles. The van der Waals surface area contributed by atoms with Crippen LogP contribution in [0.1, 0.15) is 13.3 Å². The average molecular weight is 136 g/mol. The Kier molecular flexibility index (Phi) is 4.54. The lowest BCUT2D eigenvalue weighted by Gasteiger charge is -1.96. The second kappa shape index (κ2) is 4.77. The predicted molar refractivity (Wildman–Crippen MR) is 31.7 cm³/mol. The van der Waals surface area contributed by atoms with Gasteiger partial charge in [0.25, 0.3) is 0 Å². The Morgan fingerprint density at radius 2 is 2.38 bits per heavy atom. The standard InChI is InChI=1S/C4H8O3S/c1-2-3-6-4(5)7-8/h8H,2-3H2,1H3. The summed E-state index contributed by atoms with van der Waals surface area (Å²) >= 11 is 3.21. The van der Waals surface area contributed by atoms with Gasteiger partial charge in [-0.15, -0.1) is 0 Å². The highest BCUT2D eigenvalue weighted by Crippen LogP contribution is 1.88. The van der Waals surface area contributed by atoms with Gasteiger partial charge in [0.15, 0.2) is 0 Å². The van der Waals surface area contributed by atoms with Crippen molar-refractivity contribution in [2.24, 2.45) is 0 Å². The van der Waals surface area contributed by atoms with Crippen LogP contribution in [-0.2, 0) is 8.92 Å². The van der Waals surface area contributed by atoms with Gasteiger partial charge < -0.3 is 8.92 Å². The van der Waals surface area contributed by atoms with Crippen LogP contribution in [-0.4, -0.2) is 12.8 Å². The molecule has 0 unspecified atom stereocenters. The van der Waals surface area contributed by atoms with Gasteiger partial charge >= 0.3 is 6.16 Å². The Bertz CT molecular complexity index is 73.7. The van der Waals surface area contributed by atoms with E-state index in [0.717, 1.165) is 6.42 Å². The highest BCUT2D eigenvalue weighted by molar-refractivity contribution is 7.75. The maximum absolute atomic E-state index is 10.0. The highest BCUT2D eigenvalue weighted by atomic mass is 32.1. The summed E-state index contributed by atoms with van der Waals surface area (Å²) in [5.41, 5.74) is 0. The van der Waals surface area contributed by atoms with E-state index in [4.69, 9.17) is 0 Å². The van der Waals surface area contributed by atoms with Crippen LogP contribution < -0.4 is 0 Å². The van der Waals surface area contributed by atoms with Gasteiger partial charge in [-0.1, -0.05) is 6.92 Å². The number of hydrogen-bond donors (Lipinski definition) is 1. The lowest BCUT2D eigenvalue weighted by Crippen LogP contribution is -2.01. The second-order valence-electron chi connectivity index (χ2n) is 1.19. The van der Waals surface area contributed by atoms with E-state index in [-0.39, 0.29) is 0 Å². The minimum absolute atomic E-state index is 0.388. The molecule has 0 rings (SSSR count). The minimum Gasteiger partial charge on any atom is -0.434 e. The third-order valence-corrected chi connectivity index (χ3v) is 0.648. The molecule has 0 spiro atoms. The lowest BCUT2D eigenvalue weighted by molar-refractivity contribution is 0.107. The van der Waals surface area contributed by atoms with Gasteiger partial charge in [0.1, 0.15) is 0 Å². The van der Waals surface area contributed by atoms with Gasteiger partial charge in [-0.3, -0.25) is 0 Å². The van der Waals surface area contributed by atoms with E-state index in [1.54, 1.807) is 0 Å². The molecule has 0 N–H and O–H groups in total. The van der Waals surface area contributed by atoms with Crippen molar-refractivity contribution in [3.8, 4) is 0 Å². The quantitative estimate of drug-likeness (QED) is 0.354. The van der Waals surface area contributed by atoms with Gasteiger partial charge in [-0.2, -0.15) is 0 Å². The first kappa shape index (κ1) is 7.62. The highest BCUT2D eigenvalue weighted by Gasteiger charge is 1.96. The lowest BCUT2D eigenvalue weighted by atomic mass is 10.5. The van der Waals surface area contributed by atoms with Crippen LogP contribution in [0.3, 0.4) is 0 Å². The summed E-state index contributed by atoms with van der Waals surface area (Å²) in [6.45, 7) is 2.28. The summed E-state index contributed by atoms with van der Waals surface area (Å²) in [6, 6.07) is 0. The molecule has 3 nitrogen and oxygen atoms in total. The fourth-order valence-electron chi connectivity index (χ4n) is 0.212. The van der Waals surface area contributed by atoms with Crippen molar-refractivity contribution in [3.63, 3.8) is 0 Å². The smallest absolute Gasteiger partial charge is 0.434 e. The summed E-state index contributed by atoms with van der Waals surface area (Å²) in [4.78, 5) is 10.0. The molecule has 0 fully saturated rings. The molecule has 0 aromatic rings. The monoisotopic (exact) mass is 136 g/mol. The van der Waals surface area contributed by atoms with Crippen LogP contribution in [0.4, 0.5) is 4.79 Å². The third-order valence-electron chi connectivity index (χ3n) is 0.499. The van der Waals surface area contributed by atoms with E-state index in [0.29, 0.717) is 6.61 Å². The molecule has 0 heterocycles. The molecule has 0 saturated carbocycles. The Hall–Kier alpha value is -0.380. The van der Waals surface area contributed by atoms with Crippen molar-refractivity contribution in [2.75, 3.05) is 6.61 Å². The molecule has 0 saturated heterocycles. The van der Waals surface area contributed by atoms with Crippen molar-refractivity contribution < 1.29 is 13.7 Å². The largest absolute Gasteiger partial charge is 0.520 e. The zero-order valence-corrected chi connectivity index (χ0v) is 5.48. The molecule has 0 bridgehead atoms. The number of hydrogen-bond acceptors (Lipinski definition) is 4. The van der Waals surface area contributed by atoms with Crippen molar-refractivity contribution in [1.29, 1.82) is 0 Å². The predicted octanol–water partition coefficient (Wildman–Crippen LogP) is 1.39. The SMILES string of the molecule is CCCOC(=O)OS. The average Bonchev–Trinajstić information content (AvgIpc) is 1.83. The molecule has 0 aromatic heterocycles. The van der Waals surface area contributed by atoms with E-state index in [2.05, 4.69) is 21.8 Å². The van der Waals surface area contributed by atoms with E-state index in [1.165, 1.54) is 0 Å². The van der Waals surface area contributed by atoms with Gasteiger partial charge in [0.05, 0.1) is 6.61 Å². The van der Waals surface area contributed by atoms with Crippen LogP contribution in [0.15, 0.2) is 0 Å². The molecule has 48 valence electrons. The molecule has 4 heteroatoms. The van der Waals surface area contributed by atoms with E-state index in [1.807, 2.05) is 6.92 Å². The minimum atomic E-state index is -0.741. The fourth-order valence-corrected chi connectivity index (χ4v) is 0.264. The number of rotatable bonds is 2. The summed E-state index contributed by atoms with van der Waals surface area (Å²) in [7, 11) is 0. The number of carbonyl (C=O) groups is 1. The number of thiol groups is 1.